The first-order valence-electron chi connectivity index (χ1n) is 5.80. The predicted octanol–water partition coefficient (Wildman–Crippen LogP) is 2.92. The number of hydrogen-bond donors (Lipinski definition) is 1. The smallest absolute Gasteiger partial charge is 0.123 e. The minimum atomic E-state index is 0.476. The summed E-state index contributed by atoms with van der Waals surface area (Å²) in [5.74, 6) is 0.856. The molecule has 0 saturated carbocycles. The standard InChI is InChI=1S/C14H15BrN2O/c15-13-1-2-14(12(9-13)10-16)18-8-5-11-3-6-17-7-4-11/h1-4,6-7,9H,5,8,10,16H2. The van der Waals surface area contributed by atoms with Crippen LogP contribution >= 0.6 is 15.9 Å². The Hall–Kier alpha value is -1.39. The monoisotopic (exact) mass is 306 g/mol. The van der Waals surface area contributed by atoms with Crippen molar-refractivity contribution < 1.29 is 4.74 Å². The van der Waals surface area contributed by atoms with Gasteiger partial charge in [0.25, 0.3) is 0 Å². The molecule has 1 heterocycles. The van der Waals surface area contributed by atoms with Crippen molar-refractivity contribution in [2.75, 3.05) is 6.61 Å². The summed E-state index contributed by atoms with van der Waals surface area (Å²) in [6.45, 7) is 1.11. The molecule has 0 spiro atoms. The molecule has 0 amide bonds. The summed E-state index contributed by atoms with van der Waals surface area (Å²) < 4.78 is 6.78. The van der Waals surface area contributed by atoms with Gasteiger partial charge in [-0.15, -0.1) is 0 Å². The summed E-state index contributed by atoms with van der Waals surface area (Å²) in [7, 11) is 0. The van der Waals surface area contributed by atoms with E-state index in [1.807, 2.05) is 30.3 Å². The Bertz CT molecular complexity index is 502. The van der Waals surface area contributed by atoms with Crippen molar-refractivity contribution in [1.29, 1.82) is 0 Å². The van der Waals surface area contributed by atoms with E-state index >= 15 is 0 Å². The molecule has 4 heteroatoms. The zero-order valence-corrected chi connectivity index (χ0v) is 11.6. The van der Waals surface area contributed by atoms with Gasteiger partial charge in [0.2, 0.25) is 0 Å². The number of rotatable bonds is 5. The van der Waals surface area contributed by atoms with Crippen LogP contribution in [-0.2, 0) is 13.0 Å². The zero-order valence-electron chi connectivity index (χ0n) is 9.97. The Morgan fingerprint density at radius 2 is 1.94 bits per heavy atom. The number of nitrogens with zero attached hydrogens (tertiary/aromatic N) is 1. The Labute approximate surface area is 115 Å². The van der Waals surface area contributed by atoms with Gasteiger partial charge in [-0.1, -0.05) is 15.9 Å². The van der Waals surface area contributed by atoms with E-state index in [2.05, 4.69) is 20.9 Å². The van der Waals surface area contributed by atoms with E-state index < -0.39 is 0 Å². The molecule has 0 aliphatic rings. The summed E-state index contributed by atoms with van der Waals surface area (Å²) in [6, 6.07) is 9.88. The van der Waals surface area contributed by atoms with Gasteiger partial charge in [0.05, 0.1) is 6.61 Å². The number of pyridine rings is 1. The van der Waals surface area contributed by atoms with Gasteiger partial charge in [0.1, 0.15) is 5.75 Å². The van der Waals surface area contributed by atoms with Crippen LogP contribution in [0.25, 0.3) is 0 Å². The second kappa shape index (κ2) is 6.52. The third-order valence-corrected chi connectivity index (χ3v) is 3.13. The first-order chi connectivity index (χ1) is 8.79. The van der Waals surface area contributed by atoms with Crippen molar-refractivity contribution in [1.82, 2.24) is 4.98 Å². The Kier molecular flexibility index (Phi) is 4.73. The predicted molar refractivity (Wildman–Crippen MR) is 75.5 cm³/mol. The van der Waals surface area contributed by atoms with E-state index in [-0.39, 0.29) is 0 Å². The lowest BCUT2D eigenvalue weighted by molar-refractivity contribution is 0.318. The highest BCUT2D eigenvalue weighted by molar-refractivity contribution is 9.10. The van der Waals surface area contributed by atoms with Gasteiger partial charge >= 0.3 is 0 Å². The Morgan fingerprint density at radius 1 is 1.17 bits per heavy atom. The fourth-order valence-electron chi connectivity index (χ4n) is 1.68. The molecule has 3 nitrogen and oxygen atoms in total. The number of hydrogen-bond acceptors (Lipinski definition) is 3. The Balaban J connectivity index is 1.94. The number of ether oxygens (including phenoxy) is 1. The van der Waals surface area contributed by atoms with E-state index in [1.165, 1.54) is 5.56 Å². The summed E-state index contributed by atoms with van der Waals surface area (Å²) in [5.41, 5.74) is 7.93. The normalized spacial score (nSPS) is 10.3. The summed E-state index contributed by atoms with van der Waals surface area (Å²) >= 11 is 3.42. The second-order valence-electron chi connectivity index (χ2n) is 3.91. The van der Waals surface area contributed by atoms with Crippen LogP contribution < -0.4 is 10.5 Å². The first kappa shape index (κ1) is 13.1. The second-order valence-corrected chi connectivity index (χ2v) is 4.83. The van der Waals surface area contributed by atoms with E-state index in [1.54, 1.807) is 12.4 Å². The molecular formula is C14H15BrN2O. The summed E-state index contributed by atoms with van der Waals surface area (Å²) in [4.78, 5) is 3.99. The maximum atomic E-state index is 5.77. The molecular weight excluding hydrogens is 292 g/mol. The maximum Gasteiger partial charge on any atom is 0.123 e. The van der Waals surface area contributed by atoms with E-state index in [4.69, 9.17) is 10.5 Å². The molecule has 0 aliphatic heterocycles. The molecule has 0 fully saturated rings. The van der Waals surface area contributed by atoms with Crippen molar-refractivity contribution in [2.24, 2.45) is 5.73 Å². The Morgan fingerprint density at radius 3 is 2.67 bits per heavy atom. The van der Waals surface area contributed by atoms with Crippen molar-refractivity contribution >= 4 is 15.9 Å². The quantitative estimate of drug-likeness (QED) is 0.924. The minimum absolute atomic E-state index is 0.476. The SMILES string of the molecule is NCc1cc(Br)ccc1OCCc1ccncc1. The summed E-state index contributed by atoms with van der Waals surface area (Å²) in [6.07, 6.45) is 4.45. The highest BCUT2D eigenvalue weighted by Crippen LogP contribution is 2.22. The van der Waals surface area contributed by atoms with Crippen LogP contribution in [0, 0.1) is 0 Å². The highest BCUT2D eigenvalue weighted by Gasteiger charge is 2.03. The van der Waals surface area contributed by atoms with Gasteiger partial charge in [-0.05, 0) is 35.9 Å². The van der Waals surface area contributed by atoms with Crippen LogP contribution in [-0.4, -0.2) is 11.6 Å². The third kappa shape index (κ3) is 3.55. The fourth-order valence-corrected chi connectivity index (χ4v) is 2.09. The van der Waals surface area contributed by atoms with Gasteiger partial charge < -0.3 is 10.5 Å². The first-order valence-corrected chi connectivity index (χ1v) is 6.59. The average molecular weight is 307 g/mol. The van der Waals surface area contributed by atoms with E-state index in [0.717, 1.165) is 22.2 Å². The molecule has 1 aromatic carbocycles. The van der Waals surface area contributed by atoms with E-state index in [0.29, 0.717) is 13.2 Å². The molecule has 2 aromatic rings. The number of nitrogens with two attached hydrogens (primary N) is 1. The molecule has 0 unspecified atom stereocenters. The van der Waals surface area contributed by atoms with Gasteiger partial charge in [-0.2, -0.15) is 0 Å². The van der Waals surface area contributed by atoms with Gasteiger partial charge in [-0.3, -0.25) is 4.98 Å². The van der Waals surface area contributed by atoms with Crippen LogP contribution in [0.3, 0.4) is 0 Å². The van der Waals surface area contributed by atoms with Gasteiger partial charge in [0, 0.05) is 35.4 Å². The molecule has 0 aliphatic carbocycles. The number of halogens is 1. The van der Waals surface area contributed by atoms with Crippen molar-refractivity contribution in [2.45, 2.75) is 13.0 Å². The molecule has 0 atom stereocenters. The maximum absolute atomic E-state index is 5.77. The lowest BCUT2D eigenvalue weighted by Gasteiger charge is -2.10. The number of benzene rings is 1. The van der Waals surface area contributed by atoms with Crippen LogP contribution in [0.5, 0.6) is 5.75 Å². The highest BCUT2D eigenvalue weighted by atomic mass is 79.9. The minimum Gasteiger partial charge on any atom is -0.493 e. The average Bonchev–Trinajstić information content (AvgIpc) is 2.41. The molecule has 18 heavy (non-hydrogen) atoms. The molecule has 0 bridgehead atoms. The van der Waals surface area contributed by atoms with E-state index in [9.17, 15) is 0 Å². The van der Waals surface area contributed by atoms with Crippen LogP contribution in [0.2, 0.25) is 0 Å². The molecule has 0 radical (unpaired) electrons. The zero-order chi connectivity index (χ0) is 12.8. The van der Waals surface area contributed by atoms with Crippen molar-refractivity contribution in [3.05, 3.63) is 58.3 Å². The molecule has 0 saturated heterocycles. The largest absolute Gasteiger partial charge is 0.493 e. The van der Waals surface area contributed by atoms with Crippen LogP contribution in [0.15, 0.2) is 47.2 Å². The molecule has 2 N–H and O–H groups in total. The van der Waals surface area contributed by atoms with Crippen LogP contribution in [0.4, 0.5) is 0 Å². The lowest BCUT2D eigenvalue weighted by atomic mass is 10.2. The molecule has 2 rings (SSSR count). The van der Waals surface area contributed by atoms with Gasteiger partial charge in [-0.25, -0.2) is 0 Å². The van der Waals surface area contributed by atoms with Crippen LogP contribution in [0.1, 0.15) is 11.1 Å². The molecule has 94 valence electrons. The lowest BCUT2D eigenvalue weighted by Crippen LogP contribution is -2.05. The fraction of sp³-hybridized carbons (Fsp3) is 0.214. The molecule has 1 aromatic heterocycles. The summed E-state index contributed by atoms with van der Waals surface area (Å²) in [5, 5.41) is 0. The number of aromatic nitrogens is 1. The van der Waals surface area contributed by atoms with Crippen molar-refractivity contribution in [3.63, 3.8) is 0 Å². The topological polar surface area (TPSA) is 48.1 Å². The third-order valence-electron chi connectivity index (χ3n) is 2.64. The van der Waals surface area contributed by atoms with Gasteiger partial charge in [0.15, 0.2) is 0 Å². The van der Waals surface area contributed by atoms with Crippen molar-refractivity contribution in [3.8, 4) is 5.75 Å².